The van der Waals surface area contributed by atoms with E-state index in [1.165, 1.54) is 12.4 Å². The number of hydrogen-bond donors (Lipinski definition) is 2. The molecule has 0 amide bonds. The molecule has 5 rings (SSSR count). The number of nitrogens with one attached hydrogen (secondary N) is 2. The summed E-state index contributed by atoms with van der Waals surface area (Å²) in [5, 5.41) is 6.17. The highest BCUT2D eigenvalue weighted by molar-refractivity contribution is 7.17. The van der Waals surface area contributed by atoms with Crippen LogP contribution in [0.3, 0.4) is 0 Å². The Hall–Kier alpha value is -3.46. The Bertz CT molecular complexity index is 1360. The smallest absolute Gasteiger partial charge is 0.364 e. The van der Waals surface area contributed by atoms with Gasteiger partial charge in [0, 0.05) is 27.6 Å². The van der Waals surface area contributed by atoms with Crippen molar-refractivity contribution in [2.75, 3.05) is 5.32 Å². The number of alkyl halides is 3. The van der Waals surface area contributed by atoms with Gasteiger partial charge in [-0.1, -0.05) is 30.3 Å². The maximum atomic E-state index is 13.0. The summed E-state index contributed by atoms with van der Waals surface area (Å²) in [6.07, 6.45) is -2.86. The molecule has 2 N–H and O–H groups in total. The average molecular weight is 425 g/mol. The molecule has 0 radical (unpaired) electrons. The maximum absolute atomic E-state index is 13.0. The molecule has 0 aliphatic heterocycles. The van der Waals surface area contributed by atoms with Crippen LogP contribution in [-0.2, 0) is 12.7 Å². The Kier molecular flexibility index (Phi) is 4.39. The SMILES string of the molecule is FC(F)(F)c1cccc(CNc2nc(-c3csc4ccccc34)nc3nc[nH]c23)c1. The van der Waals surface area contributed by atoms with E-state index in [0.29, 0.717) is 28.4 Å². The van der Waals surface area contributed by atoms with Crippen LogP contribution < -0.4 is 5.32 Å². The summed E-state index contributed by atoms with van der Waals surface area (Å²) in [4.78, 5) is 16.4. The fourth-order valence-corrected chi connectivity index (χ4v) is 4.22. The minimum Gasteiger partial charge on any atom is -0.364 e. The molecule has 5 nitrogen and oxygen atoms in total. The molecule has 0 saturated heterocycles. The van der Waals surface area contributed by atoms with Gasteiger partial charge in [0.05, 0.1) is 11.9 Å². The summed E-state index contributed by atoms with van der Waals surface area (Å²) in [7, 11) is 0. The van der Waals surface area contributed by atoms with Gasteiger partial charge in [-0.2, -0.15) is 13.2 Å². The quantitative estimate of drug-likeness (QED) is 0.378. The fraction of sp³-hybridized carbons (Fsp3) is 0.0952. The maximum Gasteiger partial charge on any atom is 0.416 e. The van der Waals surface area contributed by atoms with E-state index in [9.17, 15) is 13.2 Å². The Morgan fingerprint density at radius 3 is 2.77 bits per heavy atom. The van der Waals surface area contributed by atoms with Crippen molar-refractivity contribution in [3.8, 4) is 11.4 Å². The fourth-order valence-electron chi connectivity index (χ4n) is 3.28. The van der Waals surface area contributed by atoms with Crippen molar-refractivity contribution in [3.63, 3.8) is 0 Å². The zero-order valence-electron chi connectivity index (χ0n) is 15.4. The van der Waals surface area contributed by atoms with Gasteiger partial charge in [0.1, 0.15) is 5.52 Å². The molecule has 3 heterocycles. The van der Waals surface area contributed by atoms with E-state index in [1.807, 2.05) is 29.6 Å². The van der Waals surface area contributed by atoms with E-state index >= 15 is 0 Å². The summed E-state index contributed by atoms with van der Waals surface area (Å²) in [5.41, 5.74) is 1.80. The molecule has 0 bridgehead atoms. The van der Waals surface area contributed by atoms with Gasteiger partial charge in [0.15, 0.2) is 17.3 Å². The number of hydrogen-bond acceptors (Lipinski definition) is 5. The number of nitrogens with zero attached hydrogens (tertiary/aromatic N) is 3. The Morgan fingerprint density at radius 1 is 1.03 bits per heavy atom. The number of H-pyrrole nitrogens is 1. The highest BCUT2D eigenvalue weighted by Crippen LogP contribution is 2.34. The number of aromatic amines is 1. The topological polar surface area (TPSA) is 66.5 Å². The van der Waals surface area contributed by atoms with Crippen LogP contribution in [0.25, 0.3) is 32.6 Å². The molecule has 30 heavy (non-hydrogen) atoms. The molecule has 0 atom stereocenters. The second kappa shape index (κ2) is 7.10. The molecule has 0 aliphatic carbocycles. The van der Waals surface area contributed by atoms with Crippen molar-refractivity contribution >= 4 is 38.4 Å². The van der Waals surface area contributed by atoms with Crippen molar-refractivity contribution in [2.24, 2.45) is 0 Å². The summed E-state index contributed by atoms with van der Waals surface area (Å²) in [5.74, 6) is 0.999. The normalized spacial score (nSPS) is 12.0. The second-order valence-corrected chi connectivity index (χ2v) is 7.61. The first-order valence-electron chi connectivity index (χ1n) is 9.07. The van der Waals surface area contributed by atoms with E-state index in [-0.39, 0.29) is 6.54 Å². The van der Waals surface area contributed by atoms with Crippen LogP contribution in [0.1, 0.15) is 11.1 Å². The molecular weight excluding hydrogens is 411 g/mol. The standard InChI is InChI=1S/C21H14F3N5S/c22-21(23,24)13-5-3-4-12(8-13)9-25-19-17-20(27-11-26-17)29-18(28-19)15-10-30-16-7-2-1-6-14(15)16/h1-8,10-11H,9H2,(H2,25,26,27,28,29). The number of halogens is 3. The van der Waals surface area contributed by atoms with Gasteiger partial charge in [-0.3, -0.25) is 0 Å². The van der Waals surface area contributed by atoms with Gasteiger partial charge in [0.2, 0.25) is 0 Å². The van der Waals surface area contributed by atoms with Crippen LogP contribution in [0, 0.1) is 0 Å². The molecule has 0 spiro atoms. The van der Waals surface area contributed by atoms with Crippen molar-refractivity contribution in [1.29, 1.82) is 0 Å². The van der Waals surface area contributed by atoms with Crippen LogP contribution in [0.5, 0.6) is 0 Å². The molecule has 150 valence electrons. The van der Waals surface area contributed by atoms with Gasteiger partial charge >= 0.3 is 6.18 Å². The first-order valence-corrected chi connectivity index (χ1v) is 9.95. The molecule has 0 aliphatic rings. The van der Waals surface area contributed by atoms with Gasteiger partial charge in [0.25, 0.3) is 0 Å². The molecule has 0 unspecified atom stereocenters. The number of fused-ring (bicyclic) bond motifs is 2. The largest absolute Gasteiger partial charge is 0.416 e. The predicted molar refractivity (Wildman–Crippen MR) is 111 cm³/mol. The number of imidazole rings is 1. The number of aromatic nitrogens is 4. The monoisotopic (exact) mass is 425 g/mol. The Balaban J connectivity index is 1.51. The highest BCUT2D eigenvalue weighted by atomic mass is 32.1. The lowest BCUT2D eigenvalue weighted by Crippen LogP contribution is -2.08. The minimum absolute atomic E-state index is 0.179. The van der Waals surface area contributed by atoms with E-state index in [4.69, 9.17) is 0 Å². The first-order chi connectivity index (χ1) is 14.5. The van der Waals surface area contributed by atoms with Crippen molar-refractivity contribution in [3.05, 3.63) is 71.4 Å². The van der Waals surface area contributed by atoms with E-state index in [1.54, 1.807) is 17.4 Å². The molecule has 0 fully saturated rings. The van der Waals surface area contributed by atoms with Crippen LogP contribution >= 0.6 is 11.3 Å². The van der Waals surface area contributed by atoms with E-state index in [0.717, 1.165) is 27.8 Å². The highest BCUT2D eigenvalue weighted by Gasteiger charge is 2.30. The van der Waals surface area contributed by atoms with Crippen molar-refractivity contribution in [1.82, 2.24) is 19.9 Å². The second-order valence-electron chi connectivity index (χ2n) is 6.69. The van der Waals surface area contributed by atoms with Crippen LogP contribution in [-0.4, -0.2) is 19.9 Å². The van der Waals surface area contributed by atoms with Gasteiger partial charge in [-0.05, 0) is 23.8 Å². The number of rotatable bonds is 4. The molecule has 3 aromatic heterocycles. The Labute approximate surface area is 172 Å². The molecule has 0 saturated carbocycles. The Morgan fingerprint density at radius 2 is 1.90 bits per heavy atom. The summed E-state index contributed by atoms with van der Waals surface area (Å²) in [6, 6.07) is 13.2. The third kappa shape index (κ3) is 3.37. The molecule has 9 heteroatoms. The lowest BCUT2D eigenvalue weighted by atomic mass is 10.1. The lowest BCUT2D eigenvalue weighted by molar-refractivity contribution is -0.137. The van der Waals surface area contributed by atoms with Crippen LogP contribution in [0.4, 0.5) is 19.0 Å². The first kappa shape index (κ1) is 18.6. The number of thiophene rings is 1. The van der Waals surface area contributed by atoms with Gasteiger partial charge < -0.3 is 10.3 Å². The van der Waals surface area contributed by atoms with Gasteiger partial charge in [-0.25, -0.2) is 15.0 Å². The van der Waals surface area contributed by atoms with Gasteiger partial charge in [-0.15, -0.1) is 11.3 Å². The lowest BCUT2D eigenvalue weighted by Gasteiger charge is -2.11. The third-order valence-corrected chi connectivity index (χ3v) is 5.69. The number of anilines is 1. The zero-order chi connectivity index (χ0) is 20.7. The van der Waals surface area contributed by atoms with Crippen molar-refractivity contribution in [2.45, 2.75) is 12.7 Å². The van der Waals surface area contributed by atoms with Crippen molar-refractivity contribution < 1.29 is 13.2 Å². The molecular formula is C21H14F3N5S. The molecule has 2 aromatic carbocycles. The zero-order valence-corrected chi connectivity index (χ0v) is 16.2. The third-order valence-electron chi connectivity index (χ3n) is 4.72. The minimum atomic E-state index is -4.38. The number of benzene rings is 2. The predicted octanol–water partition coefficient (Wildman–Crippen LogP) is 5.87. The summed E-state index contributed by atoms with van der Waals surface area (Å²) < 4.78 is 40.1. The van der Waals surface area contributed by atoms with E-state index in [2.05, 4.69) is 25.3 Å². The average Bonchev–Trinajstić information content (AvgIpc) is 3.38. The summed E-state index contributed by atoms with van der Waals surface area (Å²) in [6.45, 7) is 0.179. The van der Waals surface area contributed by atoms with Crippen LogP contribution in [0.2, 0.25) is 0 Å². The molecule has 5 aromatic rings. The van der Waals surface area contributed by atoms with Crippen LogP contribution in [0.15, 0.2) is 60.2 Å². The summed E-state index contributed by atoms with van der Waals surface area (Å²) >= 11 is 1.60. The van der Waals surface area contributed by atoms with E-state index < -0.39 is 11.7 Å².